The van der Waals surface area contributed by atoms with Crippen molar-refractivity contribution in [1.29, 1.82) is 0 Å². The summed E-state index contributed by atoms with van der Waals surface area (Å²) >= 11 is 0. The first-order valence-electron chi connectivity index (χ1n) is 8.96. The number of benzene rings is 2. The lowest BCUT2D eigenvalue weighted by atomic mass is 10.1. The number of carbonyl (C=O) groups excluding carboxylic acids is 1. The summed E-state index contributed by atoms with van der Waals surface area (Å²) in [5.74, 6) is 2.12. The Morgan fingerprint density at radius 2 is 1.86 bits per heavy atom. The van der Waals surface area contributed by atoms with Crippen molar-refractivity contribution >= 4 is 5.91 Å². The van der Waals surface area contributed by atoms with E-state index in [0.29, 0.717) is 36.2 Å². The summed E-state index contributed by atoms with van der Waals surface area (Å²) in [5, 5.41) is 11.0. The van der Waals surface area contributed by atoms with Crippen LogP contribution in [0.2, 0.25) is 0 Å². The SMILES string of the molecule is COc1ccc(CC(=O)NCCc2nnc(-c3ccccc3C)o2)cc1OC. The zero-order valence-corrected chi connectivity index (χ0v) is 16.2. The molecule has 1 N–H and O–H groups in total. The Balaban J connectivity index is 1.52. The van der Waals surface area contributed by atoms with Crippen LogP contribution in [0.25, 0.3) is 11.5 Å². The summed E-state index contributed by atoms with van der Waals surface area (Å²) in [4.78, 5) is 12.2. The fourth-order valence-electron chi connectivity index (χ4n) is 2.82. The van der Waals surface area contributed by atoms with Crippen molar-refractivity contribution in [1.82, 2.24) is 15.5 Å². The minimum atomic E-state index is -0.0918. The van der Waals surface area contributed by atoms with Crippen LogP contribution in [0.3, 0.4) is 0 Å². The maximum Gasteiger partial charge on any atom is 0.247 e. The van der Waals surface area contributed by atoms with Gasteiger partial charge in [0, 0.05) is 18.5 Å². The number of nitrogens with zero attached hydrogens (tertiary/aromatic N) is 2. The van der Waals surface area contributed by atoms with E-state index in [4.69, 9.17) is 13.9 Å². The molecule has 146 valence electrons. The summed E-state index contributed by atoms with van der Waals surface area (Å²) in [6, 6.07) is 13.3. The third kappa shape index (κ3) is 4.68. The van der Waals surface area contributed by atoms with E-state index in [9.17, 15) is 4.79 Å². The van der Waals surface area contributed by atoms with Crippen molar-refractivity contribution < 1.29 is 18.7 Å². The fraction of sp³-hybridized carbons (Fsp3) is 0.286. The molecule has 28 heavy (non-hydrogen) atoms. The summed E-state index contributed by atoms with van der Waals surface area (Å²) in [6.45, 7) is 2.41. The van der Waals surface area contributed by atoms with Crippen LogP contribution in [0, 0.1) is 6.92 Å². The third-order valence-corrected chi connectivity index (χ3v) is 4.32. The lowest BCUT2D eigenvalue weighted by molar-refractivity contribution is -0.120. The van der Waals surface area contributed by atoms with Crippen LogP contribution in [0.15, 0.2) is 46.9 Å². The quantitative estimate of drug-likeness (QED) is 0.646. The van der Waals surface area contributed by atoms with E-state index < -0.39 is 0 Å². The number of methoxy groups -OCH3 is 2. The molecule has 0 atom stereocenters. The van der Waals surface area contributed by atoms with Crippen LogP contribution in [0.5, 0.6) is 11.5 Å². The monoisotopic (exact) mass is 381 g/mol. The van der Waals surface area contributed by atoms with E-state index in [1.54, 1.807) is 26.4 Å². The molecule has 0 bridgehead atoms. The van der Waals surface area contributed by atoms with E-state index in [2.05, 4.69) is 15.5 Å². The van der Waals surface area contributed by atoms with Crippen molar-refractivity contribution in [3.05, 3.63) is 59.5 Å². The van der Waals surface area contributed by atoms with Crippen LogP contribution in [-0.2, 0) is 17.6 Å². The number of nitrogens with one attached hydrogen (secondary N) is 1. The first-order chi connectivity index (χ1) is 13.6. The molecule has 7 heteroatoms. The molecule has 0 aliphatic heterocycles. The molecule has 7 nitrogen and oxygen atoms in total. The first-order valence-corrected chi connectivity index (χ1v) is 8.96. The summed E-state index contributed by atoms with van der Waals surface area (Å²) < 4.78 is 16.2. The zero-order valence-electron chi connectivity index (χ0n) is 16.2. The molecule has 1 aromatic heterocycles. The van der Waals surface area contributed by atoms with Gasteiger partial charge in [0.1, 0.15) is 0 Å². The van der Waals surface area contributed by atoms with Crippen molar-refractivity contribution in [2.24, 2.45) is 0 Å². The number of carbonyl (C=O) groups is 1. The predicted molar refractivity (Wildman–Crippen MR) is 104 cm³/mol. The number of aromatic nitrogens is 2. The highest BCUT2D eigenvalue weighted by atomic mass is 16.5. The minimum Gasteiger partial charge on any atom is -0.493 e. The summed E-state index contributed by atoms with van der Waals surface area (Å²) in [7, 11) is 3.14. The Morgan fingerprint density at radius 3 is 2.61 bits per heavy atom. The zero-order chi connectivity index (χ0) is 19.9. The second-order valence-corrected chi connectivity index (χ2v) is 6.28. The normalized spacial score (nSPS) is 10.5. The Morgan fingerprint density at radius 1 is 1.07 bits per heavy atom. The molecule has 0 fully saturated rings. The highest BCUT2D eigenvalue weighted by Gasteiger charge is 2.12. The van der Waals surface area contributed by atoms with Crippen LogP contribution < -0.4 is 14.8 Å². The van der Waals surface area contributed by atoms with Crippen LogP contribution in [0.1, 0.15) is 17.0 Å². The van der Waals surface area contributed by atoms with Crippen LogP contribution in [-0.4, -0.2) is 36.9 Å². The Bertz CT molecular complexity index is 952. The van der Waals surface area contributed by atoms with Crippen molar-refractivity contribution in [3.8, 4) is 23.0 Å². The van der Waals surface area contributed by atoms with Gasteiger partial charge in [-0.1, -0.05) is 24.3 Å². The van der Waals surface area contributed by atoms with Gasteiger partial charge in [0.2, 0.25) is 17.7 Å². The highest BCUT2D eigenvalue weighted by Crippen LogP contribution is 2.27. The largest absolute Gasteiger partial charge is 0.493 e. The minimum absolute atomic E-state index is 0.0918. The van der Waals surface area contributed by atoms with Crippen LogP contribution in [0.4, 0.5) is 0 Å². The van der Waals surface area contributed by atoms with Gasteiger partial charge in [0.15, 0.2) is 11.5 Å². The molecule has 0 unspecified atom stereocenters. The number of ether oxygens (including phenoxy) is 2. The standard InChI is InChI=1S/C21H23N3O4/c1-14-6-4-5-7-16(14)21-24-23-20(28-21)10-11-22-19(25)13-15-8-9-17(26-2)18(12-15)27-3/h4-9,12H,10-11,13H2,1-3H3,(H,22,25). The van der Waals surface area contributed by atoms with Gasteiger partial charge < -0.3 is 19.2 Å². The second kappa shape index (κ2) is 9.03. The fourth-order valence-corrected chi connectivity index (χ4v) is 2.82. The lowest BCUT2D eigenvalue weighted by Crippen LogP contribution is -2.27. The van der Waals surface area contributed by atoms with Gasteiger partial charge in [-0.25, -0.2) is 0 Å². The molecule has 0 radical (unpaired) electrons. The van der Waals surface area contributed by atoms with Gasteiger partial charge in [-0.3, -0.25) is 4.79 Å². The average Bonchev–Trinajstić information content (AvgIpc) is 3.16. The average molecular weight is 381 g/mol. The molecule has 0 saturated heterocycles. The molecule has 0 spiro atoms. The molecule has 0 aliphatic rings. The molecule has 0 saturated carbocycles. The van der Waals surface area contributed by atoms with E-state index in [1.807, 2.05) is 37.3 Å². The van der Waals surface area contributed by atoms with Gasteiger partial charge in [0.25, 0.3) is 0 Å². The van der Waals surface area contributed by atoms with E-state index >= 15 is 0 Å². The maximum absolute atomic E-state index is 12.2. The molecule has 1 heterocycles. The topological polar surface area (TPSA) is 86.5 Å². The number of rotatable bonds is 8. The van der Waals surface area contributed by atoms with E-state index in [0.717, 1.165) is 16.7 Å². The lowest BCUT2D eigenvalue weighted by Gasteiger charge is -2.09. The highest BCUT2D eigenvalue weighted by molar-refractivity contribution is 5.78. The van der Waals surface area contributed by atoms with Gasteiger partial charge in [-0.15, -0.1) is 10.2 Å². The van der Waals surface area contributed by atoms with Crippen molar-refractivity contribution in [3.63, 3.8) is 0 Å². The van der Waals surface area contributed by atoms with Gasteiger partial charge in [0.05, 0.1) is 20.6 Å². The molecule has 1 amide bonds. The van der Waals surface area contributed by atoms with Crippen molar-refractivity contribution in [2.75, 3.05) is 20.8 Å². The molecule has 2 aromatic carbocycles. The third-order valence-electron chi connectivity index (χ3n) is 4.32. The van der Waals surface area contributed by atoms with E-state index in [1.165, 1.54) is 0 Å². The number of amides is 1. The van der Waals surface area contributed by atoms with Gasteiger partial charge in [-0.05, 0) is 36.2 Å². The second-order valence-electron chi connectivity index (χ2n) is 6.28. The molecule has 3 aromatic rings. The predicted octanol–water partition coefficient (Wildman–Crippen LogP) is 2.96. The molecular weight excluding hydrogens is 358 g/mol. The van der Waals surface area contributed by atoms with Gasteiger partial charge in [-0.2, -0.15) is 0 Å². The van der Waals surface area contributed by atoms with Crippen LogP contribution >= 0.6 is 0 Å². The first kappa shape index (κ1) is 19.4. The Labute approximate surface area is 163 Å². The Hall–Kier alpha value is -3.35. The number of hydrogen-bond donors (Lipinski definition) is 1. The molecular formula is C21H23N3O4. The Kier molecular flexibility index (Phi) is 6.26. The number of aryl methyl sites for hydroxylation is 1. The maximum atomic E-state index is 12.2. The summed E-state index contributed by atoms with van der Waals surface area (Å²) in [6.07, 6.45) is 0.717. The summed E-state index contributed by atoms with van der Waals surface area (Å²) in [5.41, 5.74) is 2.83. The van der Waals surface area contributed by atoms with Gasteiger partial charge >= 0.3 is 0 Å². The smallest absolute Gasteiger partial charge is 0.247 e. The molecule has 3 rings (SSSR count). The van der Waals surface area contributed by atoms with Crippen molar-refractivity contribution in [2.45, 2.75) is 19.8 Å². The number of hydrogen-bond acceptors (Lipinski definition) is 6. The molecule has 0 aliphatic carbocycles. The van der Waals surface area contributed by atoms with E-state index in [-0.39, 0.29) is 12.3 Å².